The van der Waals surface area contributed by atoms with E-state index in [2.05, 4.69) is 5.10 Å². The van der Waals surface area contributed by atoms with Gasteiger partial charge in [0.05, 0.1) is 0 Å². The van der Waals surface area contributed by atoms with Crippen LogP contribution in [0.5, 0.6) is 0 Å². The summed E-state index contributed by atoms with van der Waals surface area (Å²) in [5.41, 5.74) is 0.456. The van der Waals surface area contributed by atoms with Crippen molar-refractivity contribution in [1.82, 2.24) is 14.3 Å². The fraction of sp³-hybridized carbons (Fsp3) is 0.818. The highest BCUT2D eigenvalue weighted by molar-refractivity contribution is 4.96. The molecule has 0 aliphatic heterocycles. The van der Waals surface area contributed by atoms with Crippen molar-refractivity contribution in [2.75, 3.05) is 0 Å². The number of hydrogen-bond donors (Lipinski definition) is 0. The molecule has 2 aliphatic carbocycles. The van der Waals surface area contributed by atoms with Gasteiger partial charge < -0.3 is 0 Å². The van der Waals surface area contributed by atoms with Crippen LogP contribution in [0.15, 0.2) is 11.1 Å². The number of fused-ring (bicyclic) bond motifs is 2. The molecule has 0 radical (unpaired) electrons. The van der Waals surface area contributed by atoms with Crippen LogP contribution in [0.2, 0.25) is 0 Å². The summed E-state index contributed by atoms with van der Waals surface area (Å²) in [7, 11) is 1.71. The number of rotatable bonds is 2. The molecule has 4 heteroatoms. The van der Waals surface area contributed by atoms with Crippen molar-refractivity contribution in [1.29, 1.82) is 0 Å². The lowest BCUT2D eigenvalue weighted by Crippen LogP contribution is -2.30. The molecule has 1 aromatic rings. The van der Waals surface area contributed by atoms with E-state index >= 15 is 0 Å². The lowest BCUT2D eigenvalue weighted by atomic mass is 9.84. The maximum absolute atomic E-state index is 11.7. The third-order valence-electron chi connectivity index (χ3n) is 4.28. The van der Waals surface area contributed by atoms with Gasteiger partial charge in [0.25, 0.3) is 0 Å². The summed E-state index contributed by atoms with van der Waals surface area (Å²) in [6, 6.07) is 0. The van der Waals surface area contributed by atoms with Gasteiger partial charge in [0, 0.05) is 13.6 Å². The molecule has 1 aromatic heterocycles. The van der Waals surface area contributed by atoms with Crippen molar-refractivity contribution < 1.29 is 0 Å². The molecule has 0 amide bonds. The summed E-state index contributed by atoms with van der Waals surface area (Å²) >= 11 is 0. The number of aromatic nitrogens is 3. The Balaban J connectivity index is 1.86. The second-order valence-corrected chi connectivity index (χ2v) is 5.31. The van der Waals surface area contributed by atoms with E-state index in [1.807, 2.05) is 0 Å². The Kier molecular flexibility index (Phi) is 1.82. The highest BCUT2D eigenvalue weighted by Crippen LogP contribution is 2.54. The third kappa shape index (κ3) is 1.34. The van der Waals surface area contributed by atoms with Crippen LogP contribution in [0.1, 0.15) is 32.1 Å². The van der Waals surface area contributed by atoms with Gasteiger partial charge in [0.15, 0.2) is 0 Å². The highest BCUT2D eigenvalue weighted by atomic mass is 16.2. The summed E-state index contributed by atoms with van der Waals surface area (Å²) in [4.78, 5) is 11.7. The van der Waals surface area contributed by atoms with Crippen molar-refractivity contribution in [3.8, 4) is 0 Å². The normalized spacial score (nSPS) is 33.8. The molecule has 0 aromatic carbocycles. The summed E-state index contributed by atoms with van der Waals surface area (Å²) < 4.78 is 3.20. The quantitative estimate of drug-likeness (QED) is 0.730. The summed E-state index contributed by atoms with van der Waals surface area (Å²) in [5, 5.41) is 4.00. The van der Waals surface area contributed by atoms with Gasteiger partial charge in [0.1, 0.15) is 6.33 Å². The Bertz CT molecular complexity index is 423. The van der Waals surface area contributed by atoms with Crippen LogP contribution in [0, 0.1) is 11.3 Å². The van der Waals surface area contributed by atoms with E-state index in [1.54, 1.807) is 17.9 Å². The fourth-order valence-electron chi connectivity index (χ4n) is 3.43. The Morgan fingerprint density at radius 2 is 2.27 bits per heavy atom. The van der Waals surface area contributed by atoms with Crippen molar-refractivity contribution >= 4 is 0 Å². The van der Waals surface area contributed by atoms with E-state index in [0.717, 1.165) is 12.5 Å². The van der Waals surface area contributed by atoms with E-state index in [0.29, 0.717) is 5.41 Å². The molecular weight excluding hydrogens is 190 g/mol. The molecule has 2 bridgehead atoms. The van der Waals surface area contributed by atoms with Gasteiger partial charge in [-0.2, -0.15) is 5.10 Å². The molecule has 4 nitrogen and oxygen atoms in total. The van der Waals surface area contributed by atoms with Gasteiger partial charge in [0.2, 0.25) is 0 Å². The van der Waals surface area contributed by atoms with Crippen LogP contribution in [-0.2, 0) is 13.6 Å². The third-order valence-corrected chi connectivity index (χ3v) is 4.28. The van der Waals surface area contributed by atoms with Gasteiger partial charge in [-0.05, 0) is 43.4 Å². The molecule has 2 fully saturated rings. The smallest absolute Gasteiger partial charge is 0.281 e. The van der Waals surface area contributed by atoms with E-state index in [1.165, 1.54) is 36.8 Å². The van der Waals surface area contributed by atoms with Crippen molar-refractivity contribution in [2.24, 2.45) is 18.4 Å². The molecule has 1 heterocycles. The second kappa shape index (κ2) is 2.97. The minimum Gasteiger partial charge on any atom is -0.281 e. The molecule has 0 spiro atoms. The second-order valence-electron chi connectivity index (χ2n) is 5.31. The fourth-order valence-corrected chi connectivity index (χ4v) is 3.43. The molecular formula is C11H17N3O. The summed E-state index contributed by atoms with van der Waals surface area (Å²) in [5.74, 6) is 0.942. The molecule has 0 saturated heterocycles. The Morgan fingerprint density at radius 3 is 2.73 bits per heavy atom. The zero-order valence-electron chi connectivity index (χ0n) is 9.15. The Labute approximate surface area is 88.9 Å². The van der Waals surface area contributed by atoms with Crippen LogP contribution in [0.4, 0.5) is 0 Å². The molecule has 82 valence electrons. The van der Waals surface area contributed by atoms with Crippen molar-refractivity contribution in [3.05, 3.63) is 16.8 Å². The summed E-state index contributed by atoms with van der Waals surface area (Å²) in [6.45, 7) is 0.885. The molecule has 2 saturated carbocycles. The first-order valence-corrected chi connectivity index (χ1v) is 5.77. The zero-order valence-corrected chi connectivity index (χ0v) is 9.15. The lowest BCUT2D eigenvalue weighted by molar-refractivity contribution is 0.245. The predicted octanol–water partition coefficient (Wildman–Crippen LogP) is 1.16. The van der Waals surface area contributed by atoms with Gasteiger partial charge >= 0.3 is 5.69 Å². The maximum atomic E-state index is 11.7. The van der Waals surface area contributed by atoms with Crippen LogP contribution in [-0.4, -0.2) is 14.3 Å². The van der Waals surface area contributed by atoms with E-state index in [-0.39, 0.29) is 5.69 Å². The molecule has 2 aliphatic rings. The monoisotopic (exact) mass is 207 g/mol. The standard InChI is InChI=1S/C11H17N3O/c1-13-10(15)14(8-12-13)7-11-4-2-9(6-11)3-5-11/h8-9H,2-7H2,1H3. The average molecular weight is 207 g/mol. The number of hydrogen-bond acceptors (Lipinski definition) is 2. The van der Waals surface area contributed by atoms with Gasteiger partial charge in [-0.3, -0.25) is 4.57 Å². The van der Waals surface area contributed by atoms with E-state index < -0.39 is 0 Å². The Hall–Kier alpha value is -1.06. The van der Waals surface area contributed by atoms with E-state index in [9.17, 15) is 4.79 Å². The molecule has 0 unspecified atom stereocenters. The van der Waals surface area contributed by atoms with Crippen LogP contribution < -0.4 is 5.69 Å². The zero-order chi connectivity index (χ0) is 10.5. The number of aryl methyl sites for hydroxylation is 1. The minimum absolute atomic E-state index is 0.0275. The van der Waals surface area contributed by atoms with Crippen LogP contribution >= 0.6 is 0 Å². The topological polar surface area (TPSA) is 39.8 Å². The van der Waals surface area contributed by atoms with Crippen molar-refractivity contribution in [2.45, 2.75) is 38.6 Å². The predicted molar refractivity (Wildman–Crippen MR) is 56.5 cm³/mol. The van der Waals surface area contributed by atoms with Gasteiger partial charge in [-0.25, -0.2) is 9.48 Å². The van der Waals surface area contributed by atoms with Crippen LogP contribution in [0.3, 0.4) is 0 Å². The minimum atomic E-state index is 0.0275. The SMILES string of the molecule is Cn1ncn(CC23CCC(CC2)C3)c1=O. The van der Waals surface area contributed by atoms with Gasteiger partial charge in [-0.15, -0.1) is 0 Å². The van der Waals surface area contributed by atoms with Crippen molar-refractivity contribution in [3.63, 3.8) is 0 Å². The maximum Gasteiger partial charge on any atom is 0.345 e. The number of nitrogens with zero attached hydrogens (tertiary/aromatic N) is 3. The average Bonchev–Trinajstić information content (AvgIpc) is 2.89. The highest BCUT2D eigenvalue weighted by Gasteiger charge is 2.45. The molecule has 0 atom stereocenters. The first-order valence-electron chi connectivity index (χ1n) is 5.77. The van der Waals surface area contributed by atoms with Gasteiger partial charge in [-0.1, -0.05) is 0 Å². The largest absolute Gasteiger partial charge is 0.345 e. The molecule has 0 N–H and O–H groups in total. The summed E-state index contributed by atoms with van der Waals surface area (Å²) in [6.07, 6.45) is 8.36. The van der Waals surface area contributed by atoms with Crippen LogP contribution in [0.25, 0.3) is 0 Å². The first-order chi connectivity index (χ1) is 7.19. The van der Waals surface area contributed by atoms with E-state index in [4.69, 9.17) is 0 Å². The molecule has 3 rings (SSSR count). The molecule has 15 heavy (non-hydrogen) atoms. The Morgan fingerprint density at radius 1 is 1.53 bits per heavy atom. The first kappa shape index (κ1) is 9.19. The lowest BCUT2D eigenvalue weighted by Gasteiger charge is -2.25.